The Labute approximate surface area is 130 Å². The van der Waals surface area contributed by atoms with Crippen LogP contribution in [0.5, 0.6) is 0 Å². The normalized spacial score (nSPS) is 20.8. The number of ketones is 2. The van der Waals surface area contributed by atoms with Gasteiger partial charge in [-0.1, -0.05) is 67.6 Å². The Bertz CT molecular complexity index is 714. The minimum atomic E-state index is -0.136. The fourth-order valence-corrected chi connectivity index (χ4v) is 3.02. The lowest BCUT2D eigenvalue weighted by Crippen LogP contribution is -2.17. The summed E-state index contributed by atoms with van der Waals surface area (Å²) in [6, 6.07) is 19.1. The lowest BCUT2D eigenvalue weighted by molar-refractivity contribution is -0.117. The Balaban J connectivity index is 1.87. The molecule has 0 N–H and O–H groups in total. The van der Waals surface area contributed by atoms with E-state index in [-0.39, 0.29) is 23.4 Å². The largest absolute Gasteiger partial charge is 0.295 e. The van der Waals surface area contributed by atoms with E-state index in [2.05, 4.69) is 0 Å². The number of carbonyl (C=O) groups excluding carboxylic acids is 2. The first-order valence-corrected chi connectivity index (χ1v) is 7.56. The Morgan fingerprint density at radius 2 is 1.55 bits per heavy atom. The summed E-state index contributed by atoms with van der Waals surface area (Å²) in [5, 5.41) is 0. The highest BCUT2D eigenvalue weighted by atomic mass is 16.1. The van der Waals surface area contributed by atoms with Crippen molar-refractivity contribution < 1.29 is 9.59 Å². The predicted molar refractivity (Wildman–Crippen MR) is 87.5 cm³/mol. The fraction of sp³-hybridized carbons (Fsp3) is 0.200. The summed E-state index contributed by atoms with van der Waals surface area (Å²) in [6.45, 7) is 1.91. The van der Waals surface area contributed by atoms with E-state index in [0.717, 1.165) is 11.1 Å². The van der Waals surface area contributed by atoms with Crippen LogP contribution in [0.1, 0.15) is 29.3 Å². The second-order valence-corrected chi connectivity index (χ2v) is 5.76. The van der Waals surface area contributed by atoms with E-state index in [4.69, 9.17) is 0 Å². The molecular weight excluding hydrogens is 272 g/mol. The quantitative estimate of drug-likeness (QED) is 0.792. The molecule has 0 saturated carbocycles. The third-order valence-electron chi connectivity index (χ3n) is 4.36. The average Bonchev–Trinajstić information content (AvgIpc) is 2.85. The van der Waals surface area contributed by atoms with E-state index in [9.17, 15) is 9.59 Å². The maximum Gasteiger partial charge on any atom is 0.163 e. The molecule has 110 valence electrons. The number of benzene rings is 2. The molecule has 1 aliphatic rings. The van der Waals surface area contributed by atoms with Gasteiger partial charge in [-0.2, -0.15) is 0 Å². The van der Waals surface area contributed by atoms with Crippen LogP contribution in [0.4, 0.5) is 0 Å². The standard InChI is InChI=1S/C20H18O2/c1-14-17(12-20(22)16-10-6-3-7-11-16)18(13-19(14)21)15-8-4-2-5-9-15/h2-11,13-14,17H,12H2,1H3/t14-,17-/m0/s1. The van der Waals surface area contributed by atoms with Crippen molar-refractivity contribution >= 4 is 17.1 Å². The summed E-state index contributed by atoms with van der Waals surface area (Å²) in [7, 11) is 0. The van der Waals surface area contributed by atoms with Gasteiger partial charge in [0.05, 0.1) is 0 Å². The molecule has 2 heteroatoms. The number of hydrogen-bond acceptors (Lipinski definition) is 2. The van der Waals surface area contributed by atoms with Crippen molar-refractivity contribution in [1.82, 2.24) is 0 Å². The van der Waals surface area contributed by atoms with Gasteiger partial charge in [-0.3, -0.25) is 9.59 Å². The van der Waals surface area contributed by atoms with Gasteiger partial charge >= 0.3 is 0 Å². The van der Waals surface area contributed by atoms with Gasteiger partial charge in [-0.25, -0.2) is 0 Å². The average molecular weight is 290 g/mol. The molecule has 0 radical (unpaired) electrons. The van der Waals surface area contributed by atoms with Crippen LogP contribution in [0.2, 0.25) is 0 Å². The molecular formula is C20H18O2. The number of carbonyl (C=O) groups is 2. The predicted octanol–water partition coefficient (Wildman–Crippen LogP) is 4.18. The monoisotopic (exact) mass is 290 g/mol. The van der Waals surface area contributed by atoms with Crippen LogP contribution in [0.15, 0.2) is 66.7 Å². The summed E-state index contributed by atoms with van der Waals surface area (Å²) in [5.41, 5.74) is 2.73. The highest BCUT2D eigenvalue weighted by Crippen LogP contribution is 2.38. The summed E-state index contributed by atoms with van der Waals surface area (Å²) in [5.74, 6) is 0.0316. The van der Waals surface area contributed by atoms with Crippen molar-refractivity contribution in [3.05, 3.63) is 77.9 Å². The van der Waals surface area contributed by atoms with Crippen LogP contribution in [0.25, 0.3) is 5.57 Å². The fourth-order valence-electron chi connectivity index (χ4n) is 3.02. The van der Waals surface area contributed by atoms with Gasteiger partial charge in [0.25, 0.3) is 0 Å². The SMILES string of the molecule is C[C@@H]1C(=O)C=C(c2ccccc2)[C@H]1CC(=O)c1ccccc1. The first-order valence-electron chi connectivity index (χ1n) is 7.56. The molecule has 2 atom stereocenters. The van der Waals surface area contributed by atoms with Gasteiger partial charge in [-0.15, -0.1) is 0 Å². The van der Waals surface area contributed by atoms with E-state index in [1.165, 1.54) is 0 Å². The minimum Gasteiger partial charge on any atom is -0.295 e. The second kappa shape index (κ2) is 6.10. The van der Waals surface area contributed by atoms with Crippen molar-refractivity contribution in [1.29, 1.82) is 0 Å². The molecule has 0 amide bonds. The summed E-state index contributed by atoms with van der Waals surface area (Å²) in [4.78, 5) is 24.6. The summed E-state index contributed by atoms with van der Waals surface area (Å²) >= 11 is 0. The number of rotatable bonds is 4. The van der Waals surface area contributed by atoms with Crippen molar-refractivity contribution in [2.75, 3.05) is 0 Å². The number of Topliss-reactive ketones (excluding diaryl/α,β-unsaturated/α-hetero) is 1. The van der Waals surface area contributed by atoms with Crippen LogP contribution in [-0.4, -0.2) is 11.6 Å². The molecule has 22 heavy (non-hydrogen) atoms. The highest BCUT2D eigenvalue weighted by molar-refractivity contribution is 6.06. The van der Waals surface area contributed by atoms with E-state index in [0.29, 0.717) is 12.0 Å². The lowest BCUT2D eigenvalue weighted by Gasteiger charge is -2.18. The Hall–Kier alpha value is -2.48. The van der Waals surface area contributed by atoms with Crippen molar-refractivity contribution in [2.45, 2.75) is 13.3 Å². The van der Waals surface area contributed by atoms with Gasteiger partial charge in [0, 0.05) is 23.8 Å². The summed E-state index contributed by atoms with van der Waals surface area (Å²) in [6.07, 6.45) is 2.08. The molecule has 0 heterocycles. The van der Waals surface area contributed by atoms with Crippen molar-refractivity contribution in [3.63, 3.8) is 0 Å². The molecule has 2 aromatic rings. The van der Waals surface area contributed by atoms with Gasteiger partial charge in [0.15, 0.2) is 11.6 Å². The number of allylic oxidation sites excluding steroid dienone is 2. The molecule has 0 aliphatic heterocycles. The first kappa shape index (κ1) is 14.5. The van der Waals surface area contributed by atoms with E-state index >= 15 is 0 Å². The molecule has 0 fully saturated rings. The van der Waals surface area contributed by atoms with Crippen LogP contribution in [-0.2, 0) is 4.79 Å². The lowest BCUT2D eigenvalue weighted by atomic mass is 9.83. The van der Waals surface area contributed by atoms with Gasteiger partial charge in [0.2, 0.25) is 0 Å². The van der Waals surface area contributed by atoms with Gasteiger partial charge in [0.1, 0.15) is 0 Å². The maximum absolute atomic E-state index is 12.5. The van der Waals surface area contributed by atoms with Gasteiger partial charge < -0.3 is 0 Å². The van der Waals surface area contributed by atoms with Crippen LogP contribution < -0.4 is 0 Å². The molecule has 0 spiro atoms. The van der Waals surface area contributed by atoms with Crippen molar-refractivity contribution in [3.8, 4) is 0 Å². The Morgan fingerprint density at radius 1 is 0.955 bits per heavy atom. The van der Waals surface area contributed by atoms with E-state index in [1.54, 1.807) is 6.08 Å². The molecule has 2 aromatic carbocycles. The minimum absolute atomic E-state index is 0.0393. The Morgan fingerprint density at radius 3 is 2.18 bits per heavy atom. The first-order chi connectivity index (χ1) is 10.7. The van der Waals surface area contributed by atoms with E-state index < -0.39 is 0 Å². The van der Waals surface area contributed by atoms with E-state index in [1.807, 2.05) is 67.6 Å². The van der Waals surface area contributed by atoms with Crippen LogP contribution >= 0.6 is 0 Å². The highest BCUT2D eigenvalue weighted by Gasteiger charge is 2.34. The molecule has 2 nitrogen and oxygen atoms in total. The second-order valence-electron chi connectivity index (χ2n) is 5.76. The molecule has 3 rings (SSSR count). The zero-order chi connectivity index (χ0) is 15.5. The zero-order valence-corrected chi connectivity index (χ0v) is 12.5. The van der Waals surface area contributed by atoms with Gasteiger partial charge in [-0.05, 0) is 17.2 Å². The molecule has 0 bridgehead atoms. The molecule has 1 aliphatic carbocycles. The third kappa shape index (κ3) is 2.77. The van der Waals surface area contributed by atoms with Crippen LogP contribution in [0.3, 0.4) is 0 Å². The number of hydrogen-bond donors (Lipinski definition) is 0. The topological polar surface area (TPSA) is 34.1 Å². The molecule has 0 unspecified atom stereocenters. The zero-order valence-electron chi connectivity index (χ0n) is 12.5. The summed E-state index contributed by atoms with van der Waals surface area (Å²) < 4.78 is 0. The Kier molecular flexibility index (Phi) is 4.01. The molecule has 0 aromatic heterocycles. The van der Waals surface area contributed by atoms with Crippen molar-refractivity contribution in [2.24, 2.45) is 11.8 Å². The third-order valence-corrected chi connectivity index (χ3v) is 4.36. The van der Waals surface area contributed by atoms with Crippen LogP contribution in [0, 0.1) is 11.8 Å². The maximum atomic E-state index is 12.5. The smallest absolute Gasteiger partial charge is 0.163 e. The molecule has 0 saturated heterocycles.